The van der Waals surface area contributed by atoms with Gasteiger partial charge in [0.25, 0.3) is 0 Å². The third-order valence-electron chi connectivity index (χ3n) is 3.33. The van der Waals surface area contributed by atoms with Gasteiger partial charge in [-0.2, -0.15) is 8.78 Å². The molecule has 1 aromatic heterocycles. The van der Waals surface area contributed by atoms with Crippen molar-refractivity contribution < 1.29 is 13.5 Å². The van der Waals surface area contributed by atoms with Gasteiger partial charge >= 0.3 is 6.61 Å². The van der Waals surface area contributed by atoms with Crippen molar-refractivity contribution in [2.24, 2.45) is 7.05 Å². The number of fused-ring (bicyclic) bond motifs is 1. The zero-order chi connectivity index (χ0) is 14.1. The molecule has 0 bridgehead atoms. The zero-order valence-corrected chi connectivity index (χ0v) is 10.9. The predicted octanol–water partition coefficient (Wildman–Crippen LogP) is 4.45. The van der Waals surface area contributed by atoms with E-state index in [2.05, 4.69) is 15.4 Å². The SMILES string of the molecule is Cn1c(-c2ccc(OC(F)F)cc2)cc2ccccc21. The Labute approximate surface area is 115 Å². The molecule has 2 aromatic carbocycles. The lowest BCUT2D eigenvalue weighted by atomic mass is 10.1. The molecule has 0 saturated carbocycles. The molecule has 102 valence electrons. The van der Waals surface area contributed by atoms with Gasteiger partial charge in [0.1, 0.15) is 5.75 Å². The summed E-state index contributed by atoms with van der Waals surface area (Å²) in [5, 5.41) is 1.15. The van der Waals surface area contributed by atoms with Crippen molar-refractivity contribution in [2.45, 2.75) is 6.61 Å². The molecule has 0 aliphatic rings. The summed E-state index contributed by atoms with van der Waals surface area (Å²) >= 11 is 0. The smallest absolute Gasteiger partial charge is 0.387 e. The Morgan fingerprint density at radius 3 is 2.35 bits per heavy atom. The van der Waals surface area contributed by atoms with Gasteiger partial charge in [-0.15, -0.1) is 0 Å². The van der Waals surface area contributed by atoms with Gasteiger partial charge in [-0.05, 0) is 42.0 Å². The average Bonchev–Trinajstić information content (AvgIpc) is 2.77. The van der Waals surface area contributed by atoms with Crippen molar-refractivity contribution in [1.29, 1.82) is 0 Å². The van der Waals surface area contributed by atoms with Crippen LogP contribution in [0.2, 0.25) is 0 Å². The second-order valence-electron chi connectivity index (χ2n) is 4.55. The number of hydrogen-bond acceptors (Lipinski definition) is 1. The first kappa shape index (κ1) is 12.7. The number of aromatic nitrogens is 1. The van der Waals surface area contributed by atoms with Crippen molar-refractivity contribution in [3.8, 4) is 17.0 Å². The van der Waals surface area contributed by atoms with E-state index >= 15 is 0 Å². The molecule has 4 heteroatoms. The maximum Gasteiger partial charge on any atom is 0.387 e. The summed E-state index contributed by atoms with van der Waals surface area (Å²) in [4.78, 5) is 0. The number of rotatable bonds is 3. The monoisotopic (exact) mass is 273 g/mol. The van der Waals surface area contributed by atoms with E-state index in [1.165, 1.54) is 0 Å². The molecule has 20 heavy (non-hydrogen) atoms. The van der Waals surface area contributed by atoms with Gasteiger partial charge in [-0.1, -0.05) is 18.2 Å². The number of hydrogen-bond donors (Lipinski definition) is 0. The first-order valence-electron chi connectivity index (χ1n) is 6.25. The molecular formula is C16H13F2NO. The quantitative estimate of drug-likeness (QED) is 0.687. The van der Waals surface area contributed by atoms with Crippen LogP contribution in [0, 0.1) is 0 Å². The Hall–Kier alpha value is -2.36. The largest absolute Gasteiger partial charge is 0.435 e. The maximum absolute atomic E-state index is 12.1. The van der Waals surface area contributed by atoms with Gasteiger partial charge in [0, 0.05) is 23.6 Å². The van der Waals surface area contributed by atoms with Crippen LogP contribution >= 0.6 is 0 Å². The van der Waals surface area contributed by atoms with Gasteiger partial charge < -0.3 is 9.30 Å². The number of alkyl halides is 2. The first-order chi connectivity index (χ1) is 9.65. The highest BCUT2D eigenvalue weighted by Crippen LogP contribution is 2.28. The fourth-order valence-electron chi connectivity index (χ4n) is 2.37. The molecule has 0 N–H and O–H groups in total. The Morgan fingerprint density at radius 1 is 1.00 bits per heavy atom. The number of ether oxygens (including phenoxy) is 1. The molecule has 0 unspecified atom stereocenters. The summed E-state index contributed by atoms with van der Waals surface area (Å²) in [5.41, 5.74) is 3.13. The molecule has 0 saturated heterocycles. The highest BCUT2D eigenvalue weighted by molar-refractivity contribution is 5.86. The molecule has 0 atom stereocenters. The van der Waals surface area contributed by atoms with Crippen molar-refractivity contribution in [1.82, 2.24) is 4.57 Å². The molecule has 2 nitrogen and oxygen atoms in total. The van der Waals surface area contributed by atoms with Crippen LogP contribution in [0.1, 0.15) is 0 Å². The van der Waals surface area contributed by atoms with Crippen molar-refractivity contribution >= 4 is 10.9 Å². The van der Waals surface area contributed by atoms with Crippen LogP contribution < -0.4 is 4.74 Å². The maximum atomic E-state index is 12.1. The van der Waals surface area contributed by atoms with E-state index < -0.39 is 6.61 Å². The third-order valence-corrected chi connectivity index (χ3v) is 3.33. The van der Waals surface area contributed by atoms with E-state index in [0.717, 1.165) is 22.2 Å². The normalized spacial score (nSPS) is 11.2. The van der Waals surface area contributed by atoms with Crippen molar-refractivity contribution in [3.05, 3.63) is 54.6 Å². The van der Waals surface area contributed by atoms with Crippen molar-refractivity contribution in [2.75, 3.05) is 0 Å². The van der Waals surface area contributed by atoms with E-state index in [1.54, 1.807) is 24.3 Å². The van der Waals surface area contributed by atoms with Gasteiger partial charge in [-0.3, -0.25) is 0 Å². The Bertz CT molecular complexity index is 732. The number of benzene rings is 2. The van der Waals surface area contributed by atoms with Gasteiger partial charge in [0.2, 0.25) is 0 Å². The molecule has 3 aromatic rings. The fraction of sp³-hybridized carbons (Fsp3) is 0.125. The number of nitrogens with zero attached hydrogens (tertiary/aromatic N) is 1. The molecule has 0 fully saturated rings. The van der Waals surface area contributed by atoms with E-state index in [4.69, 9.17) is 0 Å². The van der Waals surface area contributed by atoms with Crippen LogP contribution in [0.5, 0.6) is 5.75 Å². The minimum Gasteiger partial charge on any atom is -0.435 e. The van der Waals surface area contributed by atoms with Crippen LogP contribution in [-0.2, 0) is 7.05 Å². The molecule has 3 rings (SSSR count). The van der Waals surface area contributed by atoms with Gasteiger partial charge in [0.15, 0.2) is 0 Å². The highest BCUT2D eigenvalue weighted by Gasteiger charge is 2.08. The summed E-state index contributed by atoms with van der Waals surface area (Å²) < 4.78 is 30.7. The predicted molar refractivity (Wildman–Crippen MR) is 75.0 cm³/mol. The van der Waals surface area contributed by atoms with E-state index in [9.17, 15) is 8.78 Å². The number of aryl methyl sites for hydroxylation is 1. The summed E-state index contributed by atoms with van der Waals surface area (Å²) in [6, 6.07) is 16.8. The standard InChI is InChI=1S/C16H13F2NO/c1-19-14-5-3-2-4-12(14)10-15(19)11-6-8-13(9-7-11)20-16(17)18/h2-10,16H,1H3. The molecular weight excluding hydrogens is 260 g/mol. The summed E-state index contributed by atoms with van der Waals surface area (Å²) in [6.45, 7) is -2.79. The summed E-state index contributed by atoms with van der Waals surface area (Å²) in [7, 11) is 1.99. The Morgan fingerprint density at radius 2 is 1.70 bits per heavy atom. The third kappa shape index (κ3) is 2.25. The van der Waals surface area contributed by atoms with Gasteiger partial charge in [-0.25, -0.2) is 0 Å². The summed E-state index contributed by atoms with van der Waals surface area (Å²) in [5.74, 6) is 0.169. The van der Waals surface area contributed by atoms with Crippen molar-refractivity contribution in [3.63, 3.8) is 0 Å². The number of para-hydroxylation sites is 1. The molecule has 0 spiro atoms. The lowest BCUT2D eigenvalue weighted by molar-refractivity contribution is -0.0498. The Kier molecular flexibility index (Phi) is 3.14. The Balaban J connectivity index is 2.00. The second-order valence-corrected chi connectivity index (χ2v) is 4.55. The van der Waals surface area contributed by atoms with E-state index in [-0.39, 0.29) is 5.75 Å². The van der Waals surface area contributed by atoms with Crippen LogP contribution in [0.3, 0.4) is 0 Å². The first-order valence-corrected chi connectivity index (χ1v) is 6.25. The molecule has 0 amide bonds. The van der Waals surface area contributed by atoms with Crippen LogP contribution in [-0.4, -0.2) is 11.2 Å². The average molecular weight is 273 g/mol. The zero-order valence-electron chi connectivity index (χ0n) is 10.9. The molecule has 0 aliphatic carbocycles. The fourth-order valence-corrected chi connectivity index (χ4v) is 2.37. The van der Waals surface area contributed by atoms with E-state index in [0.29, 0.717) is 0 Å². The second kappa shape index (κ2) is 4.96. The molecule has 1 heterocycles. The minimum atomic E-state index is -2.79. The van der Waals surface area contributed by atoms with Gasteiger partial charge in [0.05, 0.1) is 0 Å². The molecule has 0 aliphatic heterocycles. The van der Waals surface area contributed by atoms with Crippen LogP contribution in [0.4, 0.5) is 8.78 Å². The van der Waals surface area contributed by atoms with Crippen LogP contribution in [0.15, 0.2) is 54.6 Å². The highest BCUT2D eigenvalue weighted by atomic mass is 19.3. The lowest BCUT2D eigenvalue weighted by Crippen LogP contribution is -2.01. The molecule has 0 radical (unpaired) electrons. The van der Waals surface area contributed by atoms with Crippen LogP contribution in [0.25, 0.3) is 22.2 Å². The van der Waals surface area contributed by atoms with E-state index in [1.807, 2.05) is 31.3 Å². The summed E-state index contributed by atoms with van der Waals surface area (Å²) in [6.07, 6.45) is 0. The lowest BCUT2D eigenvalue weighted by Gasteiger charge is -2.07. The minimum absolute atomic E-state index is 0.169. The topological polar surface area (TPSA) is 14.2 Å². The number of halogens is 2.